The molecule has 1 amide bonds. The molecule has 0 spiro atoms. The van der Waals surface area contributed by atoms with Gasteiger partial charge in [0.15, 0.2) is 0 Å². The average Bonchev–Trinajstić information content (AvgIpc) is 2.37. The summed E-state index contributed by atoms with van der Waals surface area (Å²) >= 11 is 0. The molecule has 0 bridgehead atoms. The van der Waals surface area contributed by atoms with Gasteiger partial charge in [-0.15, -0.1) is 0 Å². The molecular weight excluding hydrogens is 242 g/mol. The Bertz CT molecular complexity index is 342. The van der Waals surface area contributed by atoms with Crippen LogP contribution in [0.2, 0.25) is 0 Å². The highest BCUT2D eigenvalue weighted by Crippen LogP contribution is 2.36. The van der Waals surface area contributed by atoms with Crippen molar-refractivity contribution in [2.75, 3.05) is 13.1 Å². The van der Waals surface area contributed by atoms with Crippen molar-refractivity contribution in [2.24, 2.45) is 17.8 Å². The van der Waals surface area contributed by atoms with Gasteiger partial charge in [0.25, 0.3) is 0 Å². The molecule has 3 atom stereocenters. The van der Waals surface area contributed by atoms with Crippen LogP contribution in [0.4, 0.5) is 0 Å². The predicted octanol–water partition coefficient (Wildman–Crippen LogP) is 2.53. The number of nitrogens with zero attached hydrogens (tertiary/aromatic N) is 1. The third-order valence-corrected chi connectivity index (χ3v) is 4.69. The van der Waals surface area contributed by atoms with Crippen molar-refractivity contribution in [3.05, 3.63) is 0 Å². The number of hydrogen-bond donors (Lipinski definition) is 1. The van der Waals surface area contributed by atoms with Crippen LogP contribution in [0.3, 0.4) is 0 Å². The zero-order chi connectivity index (χ0) is 13.8. The van der Waals surface area contributed by atoms with Crippen molar-refractivity contribution in [3.8, 4) is 0 Å². The van der Waals surface area contributed by atoms with Crippen LogP contribution >= 0.6 is 0 Å². The lowest BCUT2D eigenvalue weighted by Gasteiger charge is -2.41. The largest absolute Gasteiger partial charge is 0.481 e. The van der Waals surface area contributed by atoms with Crippen molar-refractivity contribution in [3.63, 3.8) is 0 Å². The Morgan fingerprint density at radius 3 is 2.53 bits per heavy atom. The summed E-state index contributed by atoms with van der Waals surface area (Å²) in [7, 11) is 0. The SMILES string of the molecule is CC(CC(=O)O)CC(=O)N1CCC2CCCCC2C1. The molecule has 1 N–H and O–H groups in total. The fourth-order valence-electron chi connectivity index (χ4n) is 3.62. The normalized spacial score (nSPS) is 28.6. The molecule has 0 radical (unpaired) electrons. The van der Waals surface area contributed by atoms with E-state index in [4.69, 9.17) is 5.11 Å². The molecule has 1 heterocycles. The molecule has 1 aliphatic heterocycles. The van der Waals surface area contributed by atoms with Gasteiger partial charge in [0.05, 0.1) is 0 Å². The third kappa shape index (κ3) is 3.95. The second-order valence-electron chi connectivity index (χ2n) is 6.34. The number of carboxylic acid groups (broad SMARTS) is 1. The molecule has 1 saturated carbocycles. The minimum atomic E-state index is -0.814. The number of carboxylic acids is 1. The van der Waals surface area contributed by atoms with Crippen molar-refractivity contribution < 1.29 is 14.7 Å². The van der Waals surface area contributed by atoms with E-state index in [1.807, 2.05) is 11.8 Å². The maximum Gasteiger partial charge on any atom is 0.303 e. The van der Waals surface area contributed by atoms with Crippen LogP contribution in [0, 0.1) is 17.8 Å². The minimum Gasteiger partial charge on any atom is -0.481 e. The fraction of sp³-hybridized carbons (Fsp3) is 0.867. The number of carbonyl (C=O) groups is 2. The van der Waals surface area contributed by atoms with Gasteiger partial charge >= 0.3 is 5.97 Å². The van der Waals surface area contributed by atoms with Gasteiger partial charge < -0.3 is 10.0 Å². The monoisotopic (exact) mass is 267 g/mol. The Labute approximate surface area is 115 Å². The van der Waals surface area contributed by atoms with E-state index >= 15 is 0 Å². The first-order valence-electron chi connectivity index (χ1n) is 7.56. The summed E-state index contributed by atoms with van der Waals surface area (Å²) in [6.07, 6.45) is 6.86. The molecule has 4 nitrogen and oxygen atoms in total. The molecule has 0 aromatic carbocycles. The molecule has 2 rings (SSSR count). The second-order valence-corrected chi connectivity index (χ2v) is 6.34. The van der Waals surface area contributed by atoms with Gasteiger partial charge in [0.2, 0.25) is 5.91 Å². The molecule has 0 aromatic heterocycles. The van der Waals surface area contributed by atoms with Crippen LogP contribution in [-0.4, -0.2) is 35.0 Å². The molecule has 1 saturated heterocycles. The van der Waals surface area contributed by atoms with Gasteiger partial charge in [0, 0.05) is 25.9 Å². The zero-order valence-corrected chi connectivity index (χ0v) is 11.8. The summed E-state index contributed by atoms with van der Waals surface area (Å²) in [5, 5.41) is 8.74. The first-order valence-corrected chi connectivity index (χ1v) is 7.56. The molecule has 0 aromatic rings. The highest BCUT2D eigenvalue weighted by molar-refractivity contribution is 5.77. The number of carbonyl (C=O) groups excluding carboxylic acids is 1. The molecule has 4 heteroatoms. The van der Waals surface area contributed by atoms with Gasteiger partial charge in [-0.25, -0.2) is 0 Å². The van der Waals surface area contributed by atoms with Crippen LogP contribution in [0.1, 0.15) is 51.9 Å². The number of rotatable bonds is 4. The standard InChI is InChI=1S/C15H25NO3/c1-11(9-15(18)19)8-14(17)16-7-6-12-4-2-3-5-13(12)10-16/h11-13H,2-10H2,1H3,(H,18,19). The molecule has 2 aliphatic rings. The van der Waals surface area contributed by atoms with Gasteiger partial charge in [-0.2, -0.15) is 0 Å². The average molecular weight is 267 g/mol. The van der Waals surface area contributed by atoms with Crippen LogP contribution in [0.5, 0.6) is 0 Å². The topological polar surface area (TPSA) is 57.6 Å². The quantitative estimate of drug-likeness (QED) is 0.851. The van der Waals surface area contributed by atoms with Gasteiger partial charge in [0.1, 0.15) is 0 Å². The molecule has 108 valence electrons. The number of piperidine rings is 1. The summed E-state index contributed by atoms with van der Waals surface area (Å²) in [5.74, 6) is 0.800. The summed E-state index contributed by atoms with van der Waals surface area (Å²) in [6, 6.07) is 0. The Morgan fingerprint density at radius 1 is 1.16 bits per heavy atom. The number of aliphatic carboxylic acids is 1. The van der Waals surface area contributed by atoms with Crippen LogP contribution < -0.4 is 0 Å². The van der Waals surface area contributed by atoms with E-state index in [2.05, 4.69) is 0 Å². The number of hydrogen-bond acceptors (Lipinski definition) is 2. The molecule has 3 unspecified atom stereocenters. The van der Waals surface area contributed by atoms with E-state index in [9.17, 15) is 9.59 Å². The zero-order valence-electron chi connectivity index (χ0n) is 11.8. The summed E-state index contributed by atoms with van der Waals surface area (Å²) in [4.78, 5) is 24.8. The van der Waals surface area contributed by atoms with Crippen LogP contribution in [-0.2, 0) is 9.59 Å². The second kappa shape index (κ2) is 6.40. The summed E-state index contributed by atoms with van der Waals surface area (Å²) in [5.41, 5.74) is 0. The Kier molecular flexibility index (Phi) is 4.83. The van der Waals surface area contributed by atoms with Crippen molar-refractivity contribution in [1.29, 1.82) is 0 Å². The lowest BCUT2D eigenvalue weighted by atomic mass is 9.75. The first kappa shape index (κ1) is 14.4. The first-order chi connectivity index (χ1) is 9.06. The summed E-state index contributed by atoms with van der Waals surface area (Å²) < 4.78 is 0. The smallest absolute Gasteiger partial charge is 0.303 e. The van der Waals surface area contributed by atoms with E-state index < -0.39 is 5.97 Å². The van der Waals surface area contributed by atoms with Gasteiger partial charge in [-0.05, 0) is 30.6 Å². The van der Waals surface area contributed by atoms with E-state index in [0.29, 0.717) is 12.3 Å². The van der Waals surface area contributed by atoms with E-state index in [1.54, 1.807) is 0 Å². The third-order valence-electron chi connectivity index (χ3n) is 4.69. The Morgan fingerprint density at radius 2 is 1.84 bits per heavy atom. The van der Waals surface area contributed by atoms with E-state index in [0.717, 1.165) is 25.4 Å². The molecule has 19 heavy (non-hydrogen) atoms. The van der Waals surface area contributed by atoms with Crippen LogP contribution in [0.15, 0.2) is 0 Å². The number of amides is 1. The molecule has 2 fully saturated rings. The van der Waals surface area contributed by atoms with Gasteiger partial charge in [-0.3, -0.25) is 9.59 Å². The lowest BCUT2D eigenvalue weighted by Crippen LogP contribution is -2.45. The van der Waals surface area contributed by atoms with E-state index in [-0.39, 0.29) is 18.2 Å². The van der Waals surface area contributed by atoms with Crippen molar-refractivity contribution in [1.82, 2.24) is 4.90 Å². The summed E-state index contributed by atoms with van der Waals surface area (Å²) in [6.45, 7) is 3.63. The lowest BCUT2D eigenvalue weighted by molar-refractivity contribution is -0.139. The highest BCUT2D eigenvalue weighted by atomic mass is 16.4. The maximum absolute atomic E-state index is 12.2. The highest BCUT2D eigenvalue weighted by Gasteiger charge is 2.33. The Balaban J connectivity index is 1.81. The fourth-order valence-corrected chi connectivity index (χ4v) is 3.62. The van der Waals surface area contributed by atoms with E-state index in [1.165, 1.54) is 25.7 Å². The van der Waals surface area contributed by atoms with Crippen LogP contribution in [0.25, 0.3) is 0 Å². The number of fused-ring (bicyclic) bond motifs is 1. The molecular formula is C15H25NO3. The predicted molar refractivity (Wildman–Crippen MR) is 72.7 cm³/mol. The Hall–Kier alpha value is -1.06. The number of likely N-dealkylation sites (tertiary alicyclic amines) is 1. The molecule has 1 aliphatic carbocycles. The van der Waals surface area contributed by atoms with Crippen molar-refractivity contribution in [2.45, 2.75) is 51.9 Å². The minimum absolute atomic E-state index is 0.0610. The van der Waals surface area contributed by atoms with Gasteiger partial charge in [-0.1, -0.05) is 26.2 Å². The van der Waals surface area contributed by atoms with Crippen molar-refractivity contribution >= 4 is 11.9 Å². The maximum atomic E-state index is 12.2.